The summed E-state index contributed by atoms with van der Waals surface area (Å²) in [5.41, 5.74) is 2.22. The molecule has 1 atom stereocenters. The number of methoxy groups -OCH3 is 1. The van der Waals surface area contributed by atoms with E-state index < -0.39 is 11.6 Å². The first-order valence-electron chi connectivity index (χ1n) is 11.6. The fourth-order valence-electron chi connectivity index (χ4n) is 4.14. The van der Waals surface area contributed by atoms with E-state index in [1.54, 1.807) is 19.4 Å². The van der Waals surface area contributed by atoms with E-state index in [1.807, 2.05) is 32.9 Å². The number of benzene rings is 1. The van der Waals surface area contributed by atoms with E-state index in [2.05, 4.69) is 36.0 Å². The zero-order valence-electron chi connectivity index (χ0n) is 21.2. The van der Waals surface area contributed by atoms with E-state index in [4.69, 9.17) is 21.1 Å². The Labute approximate surface area is 206 Å². The number of anilines is 1. The second kappa shape index (κ2) is 10.0. The summed E-state index contributed by atoms with van der Waals surface area (Å²) in [7, 11) is 1.66. The highest BCUT2D eigenvalue weighted by molar-refractivity contribution is 6.32. The Morgan fingerprint density at radius 2 is 1.85 bits per heavy atom. The maximum Gasteiger partial charge on any atom is 0.319 e. The largest absolute Gasteiger partial charge is 0.492 e. The minimum absolute atomic E-state index is 0.0596. The number of hydrogen-bond donors (Lipinski definition) is 2. The molecule has 0 bridgehead atoms. The Balaban J connectivity index is 2.03. The Kier molecular flexibility index (Phi) is 7.68. The van der Waals surface area contributed by atoms with Gasteiger partial charge in [-0.2, -0.15) is 0 Å². The standard InChI is InChI=1S/C26H36ClN3O4/c1-25(2,3)23-12-16-11-22(34-10-8-9-33-7)18(27)13-17(16)20-14-21(31)19(15-30(20)23)28-24(32)29-26(4,5)6/h11,13-15,23H,8-10,12H2,1-7H3,(H2,28,29,32). The lowest BCUT2D eigenvalue weighted by atomic mass is 9.79. The predicted octanol–water partition coefficient (Wildman–Crippen LogP) is 5.65. The average Bonchev–Trinajstić information content (AvgIpc) is 2.70. The lowest BCUT2D eigenvalue weighted by Gasteiger charge is -2.39. The minimum atomic E-state index is -0.415. The van der Waals surface area contributed by atoms with Crippen molar-refractivity contribution in [1.82, 2.24) is 9.88 Å². The summed E-state index contributed by atoms with van der Waals surface area (Å²) in [6.07, 6.45) is 3.26. The van der Waals surface area contributed by atoms with Gasteiger partial charge in [0.15, 0.2) is 0 Å². The first-order chi connectivity index (χ1) is 15.8. The first kappa shape index (κ1) is 26.1. The third-order valence-electron chi connectivity index (χ3n) is 5.75. The summed E-state index contributed by atoms with van der Waals surface area (Å²) in [5.74, 6) is 0.636. The molecule has 34 heavy (non-hydrogen) atoms. The second-order valence-corrected chi connectivity index (χ2v) is 11.3. The molecule has 0 saturated heterocycles. The van der Waals surface area contributed by atoms with Crippen LogP contribution in [-0.4, -0.2) is 36.5 Å². The van der Waals surface area contributed by atoms with Gasteiger partial charge in [0.2, 0.25) is 5.43 Å². The highest BCUT2D eigenvalue weighted by atomic mass is 35.5. The normalized spacial score (nSPS) is 15.4. The van der Waals surface area contributed by atoms with Crippen molar-refractivity contribution in [2.24, 2.45) is 5.41 Å². The average molecular weight is 490 g/mol. The van der Waals surface area contributed by atoms with Crippen molar-refractivity contribution < 1.29 is 14.3 Å². The van der Waals surface area contributed by atoms with Gasteiger partial charge in [0.1, 0.15) is 11.4 Å². The van der Waals surface area contributed by atoms with E-state index in [9.17, 15) is 9.59 Å². The number of rotatable bonds is 6. The number of hydrogen-bond acceptors (Lipinski definition) is 4. The number of carbonyl (C=O) groups excluding carboxylic acids is 1. The Morgan fingerprint density at radius 1 is 1.15 bits per heavy atom. The molecule has 2 N–H and O–H groups in total. The molecule has 1 aliphatic rings. The van der Waals surface area contributed by atoms with Gasteiger partial charge in [-0.05, 0) is 50.3 Å². The third kappa shape index (κ3) is 6.13. The lowest BCUT2D eigenvalue weighted by Crippen LogP contribution is -2.43. The van der Waals surface area contributed by atoms with Crippen LogP contribution in [0.25, 0.3) is 11.3 Å². The number of amides is 2. The fraction of sp³-hybridized carbons (Fsp3) is 0.538. The molecule has 0 aliphatic carbocycles. The summed E-state index contributed by atoms with van der Waals surface area (Å²) < 4.78 is 13.1. The summed E-state index contributed by atoms with van der Waals surface area (Å²) >= 11 is 6.56. The number of aromatic nitrogens is 1. The number of carbonyl (C=O) groups is 1. The summed E-state index contributed by atoms with van der Waals surface area (Å²) in [6.45, 7) is 13.3. The molecule has 1 aromatic heterocycles. The molecule has 3 rings (SSSR count). The Bertz CT molecular complexity index is 1110. The van der Waals surface area contributed by atoms with Crippen molar-refractivity contribution in [3.63, 3.8) is 0 Å². The van der Waals surface area contributed by atoms with Crippen LogP contribution in [0.3, 0.4) is 0 Å². The zero-order valence-corrected chi connectivity index (χ0v) is 21.9. The quantitative estimate of drug-likeness (QED) is 0.514. The van der Waals surface area contributed by atoms with Gasteiger partial charge < -0.3 is 24.7 Å². The second-order valence-electron chi connectivity index (χ2n) is 10.9. The zero-order chi connectivity index (χ0) is 25.3. The summed E-state index contributed by atoms with van der Waals surface area (Å²) in [4.78, 5) is 25.4. The van der Waals surface area contributed by atoms with Crippen molar-refractivity contribution in [1.29, 1.82) is 0 Å². The van der Waals surface area contributed by atoms with E-state index >= 15 is 0 Å². The maximum absolute atomic E-state index is 13.0. The summed E-state index contributed by atoms with van der Waals surface area (Å²) in [6, 6.07) is 5.09. The third-order valence-corrected chi connectivity index (χ3v) is 6.04. The topological polar surface area (TPSA) is 81.6 Å². The van der Waals surface area contributed by atoms with Gasteiger partial charge in [-0.3, -0.25) is 4.79 Å². The smallest absolute Gasteiger partial charge is 0.319 e. The number of nitrogens with zero attached hydrogens (tertiary/aromatic N) is 1. The molecular formula is C26H36ClN3O4. The van der Waals surface area contributed by atoms with Gasteiger partial charge in [0.25, 0.3) is 0 Å². The van der Waals surface area contributed by atoms with Gasteiger partial charge in [-0.25, -0.2) is 4.79 Å². The van der Waals surface area contributed by atoms with Crippen LogP contribution in [0.15, 0.2) is 29.2 Å². The molecule has 7 nitrogen and oxygen atoms in total. The van der Waals surface area contributed by atoms with Crippen molar-refractivity contribution in [2.75, 3.05) is 25.6 Å². The molecule has 186 valence electrons. The first-order valence-corrected chi connectivity index (χ1v) is 12.0. The van der Waals surface area contributed by atoms with Crippen LogP contribution >= 0.6 is 11.6 Å². The fourth-order valence-corrected chi connectivity index (χ4v) is 4.36. The highest BCUT2D eigenvalue weighted by Crippen LogP contribution is 2.45. The van der Waals surface area contributed by atoms with Gasteiger partial charge in [0.05, 0.1) is 17.3 Å². The summed E-state index contributed by atoms with van der Waals surface area (Å²) in [5, 5.41) is 6.06. The maximum atomic E-state index is 13.0. The predicted molar refractivity (Wildman–Crippen MR) is 137 cm³/mol. The minimum Gasteiger partial charge on any atom is -0.492 e. The molecular weight excluding hydrogens is 454 g/mol. The van der Waals surface area contributed by atoms with Crippen LogP contribution in [-0.2, 0) is 11.2 Å². The van der Waals surface area contributed by atoms with Crippen LogP contribution in [0.1, 0.15) is 59.6 Å². The van der Waals surface area contributed by atoms with Crippen LogP contribution < -0.4 is 20.8 Å². The van der Waals surface area contributed by atoms with Crippen LogP contribution in [0.5, 0.6) is 5.75 Å². The van der Waals surface area contributed by atoms with Crippen molar-refractivity contribution in [2.45, 2.75) is 66.0 Å². The Morgan fingerprint density at radius 3 is 2.47 bits per heavy atom. The van der Waals surface area contributed by atoms with E-state index in [-0.39, 0.29) is 22.6 Å². The van der Waals surface area contributed by atoms with Crippen molar-refractivity contribution >= 4 is 23.3 Å². The van der Waals surface area contributed by atoms with E-state index in [0.717, 1.165) is 29.7 Å². The molecule has 1 aliphatic heterocycles. The molecule has 8 heteroatoms. The SMILES string of the molecule is COCCCOc1cc2c(cc1Cl)-c1cc(=O)c(NC(=O)NC(C)(C)C)cn1C(C(C)(C)C)C2. The Hall–Kier alpha value is -2.51. The number of ether oxygens (including phenoxy) is 2. The molecule has 0 radical (unpaired) electrons. The number of pyridine rings is 1. The number of nitrogens with one attached hydrogen (secondary N) is 2. The van der Waals surface area contributed by atoms with Gasteiger partial charge in [-0.1, -0.05) is 32.4 Å². The molecule has 2 amide bonds. The van der Waals surface area contributed by atoms with E-state index in [0.29, 0.717) is 24.0 Å². The molecule has 2 aromatic rings. The van der Waals surface area contributed by atoms with Gasteiger partial charge in [-0.15, -0.1) is 0 Å². The van der Waals surface area contributed by atoms with Gasteiger partial charge in [0, 0.05) is 49.5 Å². The molecule has 0 saturated carbocycles. The molecule has 1 unspecified atom stereocenters. The number of halogens is 1. The monoisotopic (exact) mass is 489 g/mol. The van der Waals surface area contributed by atoms with Gasteiger partial charge >= 0.3 is 6.03 Å². The highest BCUT2D eigenvalue weighted by Gasteiger charge is 2.33. The van der Waals surface area contributed by atoms with Crippen LogP contribution in [0.2, 0.25) is 5.02 Å². The molecule has 2 heterocycles. The van der Waals surface area contributed by atoms with E-state index in [1.165, 1.54) is 0 Å². The van der Waals surface area contributed by atoms with Crippen LogP contribution in [0, 0.1) is 5.41 Å². The van der Waals surface area contributed by atoms with Crippen molar-refractivity contribution in [3.05, 3.63) is 45.2 Å². The number of fused-ring (bicyclic) bond motifs is 3. The molecule has 0 spiro atoms. The molecule has 1 aromatic carbocycles. The number of urea groups is 1. The lowest BCUT2D eigenvalue weighted by molar-refractivity contribution is 0.172. The van der Waals surface area contributed by atoms with Crippen LogP contribution in [0.4, 0.5) is 10.5 Å². The molecule has 0 fully saturated rings. The van der Waals surface area contributed by atoms with Crippen molar-refractivity contribution in [3.8, 4) is 17.0 Å².